The molecule has 1 saturated heterocycles. The molecule has 1 heterocycles. The molecular weight excluding hydrogens is 256 g/mol. The molecule has 5 heteroatoms. The number of nitrogens with zero attached hydrogens (tertiary/aromatic N) is 1. The van der Waals surface area contributed by atoms with Crippen LogP contribution in [0.5, 0.6) is 0 Å². The molecular formula is C15H28N2O3. The number of hydrogen-bond donors (Lipinski definition) is 2. The van der Waals surface area contributed by atoms with Gasteiger partial charge < -0.3 is 15.3 Å². The molecule has 20 heavy (non-hydrogen) atoms. The van der Waals surface area contributed by atoms with Crippen LogP contribution in [0.4, 0.5) is 0 Å². The van der Waals surface area contributed by atoms with Gasteiger partial charge in [0.1, 0.15) is 6.04 Å². The highest BCUT2D eigenvalue weighted by Crippen LogP contribution is 2.25. The van der Waals surface area contributed by atoms with Crippen molar-refractivity contribution in [2.45, 2.75) is 59.5 Å². The van der Waals surface area contributed by atoms with Crippen molar-refractivity contribution in [1.29, 1.82) is 0 Å². The van der Waals surface area contributed by atoms with Crippen molar-refractivity contribution in [2.75, 3.05) is 13.2 Å². The van der Waals surface area contributed by atoms with Gasteiger partial charge in [-0.2, -0.15) is 0 Å². The zero-order chi connectivity index (χ0) is 15.5. The Balaban J connectivity index is 2.74. The molecule has 116 valence electrons. The number of amides is 2. The number of carbonyl (C=O) groups is 2. The highest BCUT2D eigenvalue weighted by Gasteiger charge is 2.39. The number of hydrogen-bond acceptors (Lipinski definition) is 3. The number of aliphatic hydroxyl groups is 1. The summed E-state index contributed by atoms with van der Waals surface area (Å²) in [6, 6.07) is -0.649. The monoisotopic (exact) mass is 284 g/mol. The number of likely N-dealkylation sites (tertiary alicyclic amines) is 1. The molecule has 2 amide bonds. The number of nitrogens with one attached hydrogen (secondary N) is 1. The molecule has 2 atom stereocenters. The predicted octanol–water partition coefficient (Wildman–Crippen LogP) is 1.16. The molecule has 0 bridgehead atoms. The van der Waals surface area contributed by atoms with Gasteiger partial charge in [-0.3, -0.25) is 9.59 Å². The second kappa shape index (κ2) is 6.57. The summed E-state index contributed by atoms with van der Waals surface area (Å²) in [4.78, 5) is 26.4. The highest BCUT2D eigenvalue weighted by molar-refractivity contribution is 5.90. The van der Waals surface area contributed by atoms with Crippen LogP contribution in [0.2, 0.25) is 0 Å². The van der Waals surface area contributed by atoms with Gasteiger partial charge in [-0.15, -0.1) is 0 Å². The SMILES string of the molecule is CC(C)C(CO)NC(=O)C1CCCN1C(=O)C(C)(C)C. The second-order valence-corrected chi connectivity index (χ2v) is 6.95. The van der Waals surface area contributed by atoms with Crippen LogP contribution in [0.1, 0.15) is 47.5 Å². The molecule has 0 saturated carbocycles. The lowest BCUT2D eigenvalue weighted by molar-refractivity contribution is -0.145. The molecule has 1 aliphatic rings. The van der Waals surface area contributed by atoms with E-state index in [0.717, 1.165) is 6.42 Å². The standard InChI is InChI=1S/C15H28N2O3/c1-10(2)11(9-18)16-13(19)12-7-6-8-17(12)14(20)15(3,4)5/h10-12,18H,6-9H2,1-5H3,(H,16,19). The van der Waals surface area contributed by atoms with Gasteiger partial charge in [0.15, 0.2) is 0 Å². The van der Waals surface area contributed by atoms with Gasteiger partial charge in [0.05, 0.1) is 12.6 Å². The third-order valence-corrected chi connectivity index (χ3v) is 3.79. The Morgan fingerprint density at radius 3 is 2.40 bits per heavy atom. The second-order valence-electron chi connectivity index (χ2n) is 6.95. The molecule has 0 aromatic rings. The average Bonchev–Trinajstić information content (AvgIpc) is 2.81. The van der Waals surface area contributed by atoms with E-state index < -0.39 is 11.5 Å². The molecule has 0 aromatic carbocycles. The van der Waals surface area contributed by atoms with Crippen molar-refractivity contribution in [1.82, 2.24) is 10.2 Å². The Morgan fingerprint density at radius 2 is 1.95 bits per heavy atom. The number of aliphatic hydroxyl groups excluding tert-OH is 1. The lowest BCUT2D eigenvalue weighted by Crippen LogP contribution is -2.52. The van der Waals surface area contributed by atoms with E-state index in [2.05, 4.69) is 5.32 Å². The van der Waals surface area contributed by atoms with Gasteiger partial charge in [0.25, 0.3) is 0 Å². The summed E-state index contributed by atoms with van der Waals surface area (Å²) in [6.07, 6.45) is 1.55. The first-order chi connectivity index (χ1) is 9.18. The van der Waals surface area contributed by atoms with Crippen LogP contribution >= 0.6 is 0 Å². The molecule has 1 aliphatic heterocycles. The molecule has 5 nitrogen and oxygen atoms in total. The third-order valence-electron chi connectivity index (χ3n) is 3.79. The van der Waals surface area contributed by atoms with Crippen molar-refractivity contribution in [3.63, 3.8) is 0 Å². The van der Waals surface area contributed by atoms with Crippen LogP contribution in [0, 0.1) is 11.3 Å². The van der Waals surface area contributed by atoms with Crippen molar-refractivity contribution >= 4 is 11.8 Å². The Kier molecular flexibility index (Phi) is 5.57. The Bertz CT molecular complexity index is 361. The minimum atomic E-state index is -0.475. The van der Waals surface area contributed by atoms with Crippen LogP contribution in [0.15, 0.2) is 0 Å². The number of rotatable bonds is 4. The maximum atomic E-state index is 12.4. The van der Waals surface area contributed by atoms with E-state index in [-0.39, 0.29) is 30.4 Å². The first kappa shape index (κ1) is 17.0. The summed E-state index contributed by atoms with van der Waals surface area (Å²) in [6.45, 7) is 10.1. The van der Waals surface area contributed by atoms with Crippen LogP contribution in [0.3, 0.4) is 0 Å². The van der Waals surface area contributed by atoms with Gasteiger partial charge in [-0.05, 0) is 18.8 Å². The minimum absolute atomic E-state index is 0.0141. The van der Waals surface area contributed by atoms with E-state index in [9.17, 15) is 14.7 Å². The molecule has 0 radical (unpaired) electrons. The van der Waals surface area contributed by atoms with E-state index in [1.54, 1.807) is 4.90 Å². The summed E-state index contributed by atoms with van der Waals surface area (Å²) in [5, 5.41) is 12.2. The fourth-order valence-corrected chi connectivity index (χ4v) is 2.42. The fourth-order valence-electron chi connectivity index (χ4n) is 2.42. The summed E-state index contributed by atoms with van der Waals surface area (Å²) >= 11 is 0. The minimum Gasteiger partial charge on any atom is -0.394 e. The fraction of sp³-hybridized carbons (Fsp3) is 0.867. The van der Waals surface area contributed by atoms with E-state index in [1.165, 1.54) is 0 Å². The van der Waals surface area contributed by atoms with E-state index >= 15 is 0 Å². The van der Waals surface area contributed by atoms with Gasteiger partial charge in [0, 0.05) is 12.0 Å². The van der Waals surface area contributed by atoms with Crippen molar-refractivity contribution in [3.05, 3.63) is 0 Å². The van der Waals surface area contributed by atoms with Gasteiger partial charge in [-0.1, -0.05) is 34.6 Å². The number of carbonyl (C=O) groups excluding carboxylic acids is 2. The lowest BCUT2D eigenvalue weighted by atomic mass is 9.94. The largest absolute Gasteiger partial charge is 0.394 e. The zero-order valence-corrected chi connectivity index (χ0v) is 13.3. The smallest absolute Gasteiger partial charge is 0.243 e. The molecule has 1 fully saturated rings. The Morgan fingerprint density at radius 1 is 1.35 bits per heavy atom. The van der Waals surface area contributed by atoms with Crippen LogP contribution in [-0.2, 0) is 9.59 Å². The summed E-state index contributed by atoms with van der Waals surface area (Å²) < 4.78 is 0. The first-order valence-electron chi connectivity index (χ1n) is 7.40. The van der Waals surface area contributed by atoms with E-state index in [4.69, 9.17) is 0 Å². The van der Waals surface area contributed by atoms with E-state index in [0.29, 0.717) is 13.0 Å². The van der Waals surface area contributed by atoms with Crippen molar-refractivity contribution in [3.8, 4) is 0 Å². The first-order valence-corrected chi connectivity index (χ1v) is 7.40. The quantitative estimate of drug-likeness (QED) is 0.814. The van der Waals surface area contributed by atoms with Crippen molar-refractivity contribution < 1.29 is 14.7 Å². The summed E-state index contributed by atoms with van der Waals surface area (Å²) in [5.74, 6) is 0.0326. The molecule has 0 spiro atoms. The summed E-state index contributed by atoms with van der Waals surface area (Å²) in [7, 11) is 0. The highest BCUT2D eigenvalue weighted by atomic mass is 16.3. The average molecular weight is 284 g/mol. The van der Waals surface area contributed by atoms with Crippen LogP contribution in [-0.4, -0.2) is 47.1 Å². The Labute approximate surface area is 121 Å². The third kappa shape index (κ3) is 3.95. The van der Waals surface area contributed by atoms with Gasteiger partial charge in [0.2, 0.25) is 11.8 Å². The maximum absolute atomic E-state index is 12.4. The molecule has 1 rings (SSSR count). The zero-order valence-electron chi connectivity index (χ0n) is 13.3. The Hall–Kier alpha value is -1.10. The molecule has 0 aromatic heterocycles. The van der Waals surface area contributed by atoms with Crippen molar-refractivity contribution in [2.24, 2.45) is 11.3 Å². The molecule has 0 aliphatic carbocycles. The van der Waals surface area contributed by atoms with Gasteiger partial charge >= 0.3 is 0 Å². The normalized spacial score (nSPS) is 21.1. The van der Waals surface area contributed by atoms with Crippen LogP contribution < -0.4 is 5.32 Å². The lowest BCUT2D eigenvalue weighted by Gasteiger charge is -2.31. The topological polar surface area (TPSA) is 69.6 Å². The summed E-state index contributed by atoms with van der Waals surface area (Å²) in [5.41, 5.74) is -0.475. The predicted molar refractivity (Wildman–Crippen MR) is 78.0 cm³/mol. The molecule has 2 unspecified atom stereocenters. The van der Waals surface area contributed by atoms with Gasteiger partial charge in [-0.25, -0.2) is 0 Å². The van der Waals surface area contributed by atoms with Crippen LogP contribution in [0.25, 0.3) is 0 Å². The molecule has 2 N–H and O–H groups in total. The van der Waals surface area contributed by atoms with E-state index in [1.807, 2.05) is 34.6 Å². The maximum Gasteiger partial charge on any atom is 0.243 e.